The van der Waals surface area contributed by atoms with Gasteiger partial charge >= 0.3 is 0 Å². The molecule has 0 atom stereocenters. The average Bonchev–Trinajstić information content (AvgIpc) is 2.81. The Kier molecular flexibility index (Phi) is 4.13. The second-order valence-electron chi connectivity index (χ2n) is 4.29. The van der Waals surface area contributed by atoms with Crippen LogP contribution in [0.5, 0.6) is 0 Å². The fourth-order valence-electron chi connectivity index (χ4n) is 1.83. The number of nitrogens with one attached hydrogen (secondary N) is 1. The van der Waals surface area contributed by atoms with Gasteiger partial charge in [-0.15, -0.1) is 0 Å². The topological polar surface area (TPSA) is 90.9 Å². The van der Waals surface area contributed by atoms with Crippen molar-refractivity contribution < 1.29 is 9.90 Å². The number of hydrogen-bond donors (Lipinski definition) is 2. The predicted molar refractivity (Wildman–Crippen MR) is 73.2 cm³/mol. The SMILES string of the molecule is Cc1cccc(C(=O)Nc2c(C#N)cnn2CCO)c1. The van der Waals surface area contributed by atoms with E-state index in [9.17, 15) is 4.79 Å². The molecule has 0 saturated heterocycles. The lowest BCUT2D eigenvalue weighted by atomic mass is 10.1. The molecule has 0 bridgehead atoms. The van der Waals surface area contributed by atoms with Crippen molar-refractivity contribution >= 4 is 11.7 Å². The summed E-state index contributed by atoms with van der Waals surface area (Å²) in [6, 6.07) is 9.10. The van der Waals surface area contributed by atoms with Gasteiger partial charge in [0.05, 0.1) is 19.3 Å². The Bertz CT molecular complexity index is 670. The number of rotatable bonds is 4. The summed E-state index contributed by atoms with van der Waals surface area (Å²) in [4.78, 5) is 12.2. The highest BCUT2D eigenvalue weighted by Crippen LogP contribution is 2.15. The number of aliphatic hydroxyl groups is 1. The number of benzene rings is 1. The molecule has 1 amide bonds. The molecule has 0 unspecified atom stereocenters. The third kappa shape index (κ3) is 2.84. The lowest BCUT2D eigenvalue weighted by molar-refractivity contribution is 0.102. The summed E-state index contributed by atoms with van der Waals surface area (Å²) >= 11 is 0. The zero-order valence-corrected chi connectivity index (χ0v) is 11.0. The Morgan fingerprint density at radius 3 is 3.00 bits per heavy atom. The van der Waals surface area contributed by atoms with Gasteiger partial charge in [-0.1, -0.05) is 17.7 Å². The van der Waals surface area contributed by atoms with Crippen LogP contribution in [0.4, 0.5) is 5.82 Å². The fourth-order valence-corrected chi connectivity index (χ4v) is 1.83. The fraction of sp³-hybridized carbons (Fsp3) is 0.214. The van der Waals surface area contributed by atoms with Crippen LogP contribution in [-0.2, 0) is 6.54 Å². The predicted octanol–water partition coefficient (Wildman–Crippen LogP) is 1.31. The molecule has 0 fully saturated rings. The van der Waals surface area contributed by atoms with E-state index in [-0.39, 0.29) is 24.6 Å². The highest BCUT2D eigenvalue weighted by atomic mass is 16.3. The van der Waals surface area contributed by atoms with Crippen LogP contribution in [0.2, 0.25) is 0 Å². The number of nitrogens with zero attached hydrogens (tertiary/aromatic N) is 3. The van der Waals surface area contributed by atoms with Crippen molar-refractivity contribution in [2.75, 3.05) is 11.9 Å². The van der Waals surface area contributed by atoms with E-state index in [0.29, 0.717) is 11.4 Å². The molecule has 0 spiro atoms. The molecule has 2 rings (SSSR count). The normalized spacial score (nSPS) is 10.1. The lowest BCUT2D eigenvalue weighted by Crippen LogP contribution is -2.17. The maximum atomic E-state index is 12.2. The van der Waals surface area contributed by atoms with Gasteiger partial charge in [-0.25, -0.2) is 4.68 Å². The molecule has 0 saturated carbocycles. The van der Waals surface area contributed by atoms with Crippen molar-refractivity contribution in [2.24, 2.45) is 0 Å². The number of hydrogen-bond acceptors (Lipinski definition) is 4. The second kappa shape index (κ2) is 5.99. The molecule has 0 aliphatic heterocycles. The summed E-state index contributed by atoms with van der Waals surface area (Å²) in [7, 11) is 0. The van der Waals surface area contributed by atoms with Crippen LogP contribution < -0.4 is 5.32 Å². The smallest absolute Gasteiger partial charge is 0.256 e. The van der Waals surface area contributed by atoms with Crippen LogP contribution in [0.3, 0.4) is 0 Å². The standard InChI is InChI=1S/C14H14N4O2/c1-10-3-2-4-11(7-10)14(20)17-13-12(8-15)9-16-18(13)5-6-19/h2-4,7,9,19H,5-6H2,1H3,(H,17,20). The van der Waals surface area contributed by atoms with Gasteiger partial charge in [0, 0.05) is 5.56 Å². The van der Waals surface area contributed by atoms with E-state index in [4.69, 9.17) is 10.4 Å². The van der Waals surface area contributed by atoms with Crippen molar-refractivity contribution in [1.29, 1.82) is 5.26 Å². The third-order valence-corrected chi connectivity index (χ3v) is 2.78. The van der Waals surface area contributed by atoms with Gasteiger partial charge in [0.15, 0.2) is 0 Å². The van der Waals surface area contributed by atoms with Gasteiger partial charge in [-0.05, 0) is 19.1 Å². The summed E-state index contributed by atoms with van der Waals surface area (Å²) in [6.45, 7) is 1.98. The van der Waals surface area contributed by atoms with Gasteiger partial charge in [0.1, 0.15) is 17.5 Å². The van der Waals surface area contributed by atoms with E-state index in [1.807, 2.05) is 19.1 Å². The molecule has 1 aromatic carbocycles. The average molecular weight is 270 g/mol. The molecule has 1 heterocycles. The van der Waals surface area contributed by atoms with Gasteiger partial charge in [0.2, 0.25) is 0 Å². The van der Waals surface area contributed by atoms with Gasteiger partial charge < -0.3 is 10.4 Å². The van der Waals surface area contributed by atoms with Crippen LogP contribution in [0.25, 0.3) is 0 Å². The largest absolute Gasteiger partial charge is 0.394 e. The quantitative estimate of drug-likeness (QED) is 0.876. The molecule has 102 valence electrons. The Labute approximate surface area is 116 Å². The number of aliphatic hydroxyl groups excluding tert-OH is 1. The van der Waals surface area contributed by atoms with Crippen molar-refractivity contribution in [1.82, 2.24) is 9.78 Å². The van der Waals surface area contributed by atoms with E-state index in [1.54, 1.807) is 18.2 Å². The van der Waals surface area contributed by atoms with Gasteiger partial charge in [0.25, 0.3) is 5.91 Å². The van der Waals surface area contributed by atoms with Crippen molar-refractivity contribution in [3.05, 3.63) is 47.2 Å². The maximum absolute atomic E-state index is 12.2. The molecule has 0 radical (unpaired) electrons. The van der Waals surface area contributed by atoms with Gasteiger partial charge in [-0.3, -0.25) is 4.79 Å². The maximum Gasteiger partial charge on any atom is 0.256 e. The monoisotopic (exact) mass is 270 g/mol. The first-order chi connectivity index (χ1) is 9.65. The van der Waals surface area contributed by atoms with Crippen LogP contribution >= 0.6 is 0 Å². The Morgan fingerprint density at radius 2 is 2.35 bits per heavy atom. The first kappa shape index (κ1) is 13.8. The Balaban J connectivity index is 2.27. The first-order valence-electron chi connectivity index (χ1n) is 6.10. The van der Waals surface area contributed by atoms with Crippen molar-refractivity contribution in [3.63, 3.8) is 0 Å². The van der Waals surface area contributed by atoms with Crippen molar-refractivity contribution in [2.45, 2.75) is 13.5 Å². The van der Waals surface area contributed by atoms with Crippen LogP contribution in [0.1, 0.15) is 21.5 Å². The molecular formula is C14H14N4O2. The molecule has 0 aliphatic carbocycles. The number of amides is 1. The van der Waals surface area contributed by atoms with Crippen molar-refractivity contribution in [3.8, 4) is 6.07 Å². The molecule has 6 nitrogen and oxygen atoms in total. The summed E-state index contributed by atoms with van der Waals surface area (Å²) in [5.41, 5.74) is 1.74. The molecule has 1 aromatic heterocycles. The number of aromatic nitrogens is 2. The minimum absolute atomic E-state index is 0.125. The van der Waals surface area contributed by atoms with E-state index in [0.717, 1.165) is 5.56 Å². The number of carbonyl (C=O) groups excluding carboxylic acids is 1. The van der Waals surface area contributed by atoms with E-state index < -0.39 is 0 Å². The van der Waals surface area contributed by atoms with Gasteiger partial charge in [-0.2, -0.15) is 10.4 Å². The number of nitriles is 1. The van der Waals surface area contributed by atoms with Crippen LogP contribution in [-0.4, -0.2) is 27.4 Å². The molecule has 2 N–H and O–H groups in total. The lowest BCUT2D eigenvalue weighted by Gasteiger charge is -2.08. The first-order valence-corrected chi connectivity index (χ1v) is 6.10. The van der Waals surface area contributed by atoms with E-state index in [1.165, 1.54) is 10.9 Å². The molecule has 2 aromatic rings. The van der Waals surface area contributed by atoms with E-state index >= 15 is 0 Å². The van der Waals surface area contributed by atoms with Crippen LogP contribution in [0, 0.1) is 18.3 Å². The molecule has 6 heteroatoms. The zero-order chi connectivity index (χ0) is 14.5. The zero-order valence-electron chi connectivity index (χ0n) is 11.0. The minimum Gasteiger partial charge on any atom is -0.394 e. The minimum atomic E-state index is -0.315. The number of carbonyl (C=O) groups is 1. The number of aryl methyl sites for hydroxylation is 1. The second-order valence-corrected chi connectivity index (χ2v) is 4.29. The summed E-state index contributed by atoms with van der Waals surface area (Å²) in [5.74, 6) is -0.0158. The highest BCUT2D eigenvalue weighted by molar-refractivity contribution is 6.04. The highest BCUT2D eigenvalue weighted by Gasteiger charge is 2.14. The van der Waals surface area contributed by atoms with Crippen LogP contribution in [0.15, 0.2) is 30.5 Å². The third-order valence-electron chi connectivity index (χ3n) is 2.78. The Hall–Kier alpha value is -2.65. The number of anilines is 1. The molecular weight excluding hydrogens is 256 g/mol. The summed E-state index contributed by atoms with van der Waals surface area (Å²) in [5, 5.41) is 24.6. The molecule has 20 heavy (non-hydrogen) atoms. The van der Waals surface area contributed by atoms with E-state index in [2.05, 4.69) is 10.4 Å². The molecule has 0 aliphatic rings. The summed E-state index contributed by atoms with van der Waals surface area (Å²) < 4.78 is 1.40. The Morgan fingerprint density at radius 1 is 1.55 bits per heavy atom. The summed E-state index contributed by atoms with van der Waals surface area (Å²) in [6.07, 6.45) is 1.36.